The Morgan fingerprint density at radius 3 is 2.30 bits per heavy atom. The second-order valence-electron chi connectivity index (χ2n) is 15.3. The predicted octanol–water partition coefficient (Wildman–Crippen LogP) is 4.04. The van der Waals surface area contributed by atoms with Crippen LogP contribution in [0.1, 0.15) is 97.1 Å². The molecule has 1 aliphatic rings. The van der Waals surface area contributed by atoms with E-state index >= 15 is 0 Å². The first-order valence-electron chi connectivity index (χ1n) is 20.9. The third-order valence-corrected chi connectivity index (χ3v) is 10.5. The third-order valence-electron chi connectivity index (χ3n) is 9.88. The van der Waals surface area contributed by atoms with Crippen molar-refractivity contribution in [1.82, 2.24) is 20.9 Å². The number of oxime groups is 1. The lowest BCUT2D eigenvalue weighted by molar-refractivity contribution is -0.142. The van der Waals surface area contributed by atoms with Crippen LogP contribution in [-0.4, -0.2) is 135 Å². The Morgan fingerprint density at radius 2 is 1.63 bits per heavy atom. The fourth-order valence-electron chi connectivity index (χ4n) is 6.50. The number of hydrogen-bond donors (Lipinski definition) is 3. The van der Waals surface area contributed by atoms with E-state index in [0.29, 0.717) is 69.6 Å². The van der Waals surface area contributed by atoms with Crippen molar-refractivity contribution in [3.8, 4) is 0 Å². The first-order chi connectivity index (χ1) is 28.7. The molecule has 4 atom stereocenters. The van der Waals surface area contributed by atoms with Crippen LogP contribution in [0.15, 0.2) is 29.4 Å². The van der Waals surface area contributed by atoms with Crippen molar-refractivity contribution in [2.75, 3.05) is 65.2 Å². The highest BCUT2D eigenvalue weighted by Crippen LogP contribution is 2.20. The van der Waals surface area contributed by atoms with E-state index < -0.39 is 30.1 Å². The lowest BCUT2D eigenvalue weighted by Crippen LogP contribution is -2.52. The van der Waals surface area contributed by atoms with Crippen molar-refractivity contribution in [2.24, 2.45) is 17.0 Å². The molecule has 1 aromatic carbocycles. The number of carbonyl (C=O) groups is 7. The van der Waals surface area contributed by atoms with E-state index in [4.69, 9.17) is 19.0 Å². The Labute approximate surface area is 359 Å². The molecule has 0 aliphatic carbocycles. The number of alkyl carbamates (subject to hydrolysis) is 1. The van der Waals surface area contributed by atoms with Crippen LogP contribution in [-0.2, 0) is 54.2 Å². The van der Waals surface area contributed by atoms with E-state index in [1.165, 1.54) is 23.8 Å². The predicted molar refractivity (Wildman–Crippen MR) is 230 cm³/mol. The molecule has 1 saturated heterocycles. The maximum atomic E-state index is 13.4. The van der Waals surface area contributed by atoms with Gasteiger partial charge in [-0.3, -0.25) is 28.8 Å². The number of likely N-dealkylation sites (tertiary alicyclic amines) is 1. The number of thioether (sulfide) groups is 1. The molecule has 1 heterocycles. The Kier molecular flexibility index (Phi) is 25.0. The van der Waals surface area contributed by atoms with Gasteiger partial charge in [0.1, 0.15) is 31.6 Å². The minimum atomic E-state index is -0.811. The average Bonchev–Trinajstić information content (AvgIpc) is 3.72. The summed E-state index contributed by atoms with van der Waals surface area (Å²) in [5.74, 6) is -1.07. The number of amides is 4. The van der Waals surface area contributed by atoms with Gasteiger partial charge in [-0.15, -0.1) is 0 Å². The van der Waals surface area contributed by atoms with Gasteiger partial charge in [0.05, 0.1) is 30.9 Å². The molecule has 0 radical (unpaired) electrons. The standard InChI is InChI=1S/C43H67N5O11S/c1-8-37(49)35(28-60-7)45-40(52)18-17-39(51)34(25-29(2)3)46-42(54)36-11-9-20-48(36)41(53)27-57-21-10-12-38(50)30(4)26-32-13-15-33(16-14-32)31(5)47-59-22-19-44-43(55)58-24-23-56-6/h13-16,29-30,34-36H,8-12,17-28H2,1-7H3,(H,44,55)(H,45,52)(H,46,54)/b47-31+. The largest absolute Gasteiger partial charge is 0.447 e. The highest BCUT2D eigenvalue weighted by molar-refractivity contribution is 7.98. The van der Waals surface area contributed by atoms with Gasteiger partial charge >= 0.3 is 6.09 Å². The fraction of sp³-hybridized carbons (Fsp3) is 0.674. The van der Waals surface area contributed by atoms with Gasteiger partial charge in [-0.2, -0.15) is 11.8 Å². The molecular formula is C43H67N5O11S. The summed E-state index contributed by atoms with van der Waals surface area (Å²) in [6.45, 7) is 10.6. The molecule has 17 heteroatoms. The number of ether oxygens (including phenoxy) is 3. The van der Waals surface area contributed by atoms with Crippen LogP contribution in [0.25, 0.3) is 0 Å². The van der Waals surface area contributed by atoms with E-state index in [0.717, 1.165) is 11.1 Å². The van der Waals surface area contributed by atoms with Gasteiger partial charge in [0.25, 0.3) is 0 Å². The van der Waals surface area contributed by atoms with Crippen LogP contribution in [0.5, 0.6) is 0 Å². The molecule has 4 unspecified atom stereocenters. The molecule has 336 valence electrons. The molecular weight excluding hydrogens is 795 g/mol. The lowest BCUT2D eigenvalue weighted by Gasteiger charge is -2.27. The number of hydrogen-bond acceptors (Lipinski definition) is 13. The van der Waals surface area contributed by atoms with Crippen LogP contribution >= 0.6 is 11.8 Å². The van der Waals surface area contributed by atoms with Gasteiger partial charge < -0.3 is 39.9 Å². The van der Waals surface area contributed by atoms with Gasteiger partial charge in [0, 0.05) is 57.6 Å². The first-order valence-corrected chi connectivity index (χ1v) is 22.3. The summed E-state index contributed by atoms with van der Waals surface area (Å²) in [6.07, 6.45) is 4.20. The molecule has 0 spiro atoms. The number of methoxy groups -OCH3 is 1. The van der Waals surface area contributed by atoms with Crippen molar-refractivity contribution in [1.29, 1.82) is 0 Å². The smallest absolute Gasteiger partial charge is 0.407 e. The zero-order chi connectivity index (χ0) is 44.5. The van der Waals surface area contributed by atoms with E-state index in [1.807, 2.05) is 58.2 Å². The molecule has 16 nitrogen and oxygen atoms in total. The summed E-state index contributed by atoms with van der Waals surface area (Å²) in [5, 5.41) is 12.2. The zero-order valence-corrected chi connectivity index (χ0v) is 37.3. The van der Waals surface area contributed by atoms with Crippen molar-refractivity contribution >= 4 is 58.6 Å². The molecule has 0 bridgehead atoms. The average molecular weight is 862 g/mol. The van der Waals surface area contributed by atoms with E-state index in [1.54, 1.807) is 6.92 Å². The molecule has 1 aliphatic heterocycles. The molecule has 0 aromatic heterocycles. The van der Waals surface area contributed by atoms with Gasteiger partial charge in [0.15, 0.2) is 11.6 Å². The summed E-state index contributed by atoms with van der Waals surface area (Å²) < 4.78 is 15.4. The monoisotopic (exact) mass is 861 g/mol. The SMILES string of the molecule is CCC(=O)C(CSC)NC(=O)CCC(=O)C(CC(C)C)NC(=O)C1CCCN1C(=O)COCCCC(=O)C(C)Cc1ccc(/C(C)=N/OCCNC(=O)OCCOC)cc1. The van der Waals surface area contributed by atoms with Crippen LogP contribution in [0.4, 0.5) is 4.79 Å². The van der Waals surface area contributed by atoms with Crippen molar-refractivity contribution in [3.05, 3.63) is 35.4 Å². The second kappa shape index (κ2) is 29.0. The Hall–Kier alpha value is -4.35. The van der Waals surface area contributed by atoms with Gasteiger partial charge in [-0.1, -0.05) is 57.1 Å². The van der Waals surface area contributed by atoms with Gasteiger partial charge in [-0.05, 0) is 62.3 Å². The maximum absolute atomic E-state index is 13.4. The topological polar surface area (TPSA) is 208 Å². The minimum absolute atomic E-state index is 0.0687. The molecule has 1 fully saturated rings. The van der Waals surface area contributed by atoms with Crippen LogP contribution in [0.3, 0.4) is 0 Å². The molecule has 2 rings (SSSR count). The summed E-state index contributed by atoms with van der Waals surface area (Å²) >= 11 is 1.45. The van der Waals surface area contributed by atoms with Crippen LogP contribution < -0.4 is 16.0 Å². The molecule has 0 saturated carbocycles. The number of nitrogens with one attached hydrogen (secondary N) is 3. The molecule has 3 N–H and O–H groups in total. The van der Waals surface area contributed by atoms with Crippen LogP contribution in [0.2, 0.25) is 0 Å². The first kappa shape index (κ1) is 51.8. The summed E-state index contributed by atoms with van der Waals surface area (Å²) in [4.78, 5) is 95.8. The summed E-state index contributed by atoms with van der Waals surface area (Å²) in [6, 6.07) is 5.56. The number of Topliss-reactive ketones (excluding diaryl/α,β-unsaturated/α-hetero) is 3. The van der Waals surface area contributed by atoms with E-state index in [9.17, 15) is 33.6 Å². The zero-order valence-electron chi connectivity index (χ0n) is 36.5. The Morgan fingerprint density at radius 1 is 0.900 bits per heavy atom. The van der Waals surface area contributed by atoms with Crippen LogP contribution in [0, 0.1) is 11.8 Å². The lowest BCUT2D eigenvalue weighted by atomic mass is 9.94. The van der Waals surface area contributed by atoms with Crippen molar-refractivity contribution in [2.45, 2.75) is 111 Å². The molecule has 1 aromatic rings. The highest BCUT2D eigenvalue weighted by atomic mass is 32.2. The normalized spacial score (nSPS) is 15.5. The van der Waals surface area contributed by atoms with Crippen molar-refractivity contribution < 1.29 is 52.6 Å². The van der Waals surface area contributed by atoms with Gasteiger partial charge in [0.2, 0.25) is 17.7 Å². The number of ketones is 3. The van der Waals surface area contributed by atoms with Crippen molar-refractivity contribution in [3.63, 3.8) is 0 Å². The van der Waals surface area contributed by atoms with Gasteiger partial charge in [-0.25, -0.2) is 4.79 Å². The fourth-order valence-corrected chi connectivity index (χ4v) is 7.11. The number of benzene rings is 1. The molecule has 60 heavy (non-hydrogen) atoms. The minimum Gasteiger partial charge on any atom is -0.447 e. The number of rotatable bonds is 30. The summed E-state index contributed by atoms with van der Waals surface area (Å²) in [7, 11) is 1.52. The highest BCUT2D eigenvalue weighted by Gasteiger charge is 2.36. The number of nitrogens with zero attached hydrogens (tertiary/aromatic N) is 2. The van der Waals surface area contributed by atoms with E-state index in [-0.39, 0.29) is 86.8 Å². The third kappa shape index (κ3) is 19.8. The number of carbonyl (C=O) groups excluding carboxylic acids is 7. The molecule has 4 amide bonds. The second-order valence-corrected chi connectivity index (χ2v) is 16.2. The quantitative estimate of drug-likeness (QED) is 0.0569. The Balaban J connectivity index is 1.75. The Bertz CT molecular complexity index is 1570. The maximum Gasteiger partial charge on any atom is 0.407 e. The summed E-state index contributed by atoms with van der Waals surface area (Å²) in [5.41, 5.74) is 2.52. The van der Waals surface area contributed by atoms with E-state index in [2.05, 4.69) is 21.1 Å².